The molecule has 5 nitrogen and oxygen atoms in total. The summed E-state index contributed by atoms with van der Waals surface area (Å²) in [6.07, 6.45) is 3.20. The van der Waals surface area contributed by atoms with Crippen LogP contribution in [0.2, 0.25) is 0 Å². The Kier molecular flexibility index (Phi) is 4.72. The van der Waals surface area contributed by atoms with Crippen LogP contribution in [0.1, 0.15) is 10.4 Å². The van der Waals surface area contributed by atoms with Gasteiger partial charge in [-0.25, -0.2) is 0 Å². The molecule has 120 valence electrons. The smallest absolute Gasteiger partial charge is 0.257 e. The first kappa shape index (κ1) is 15.6. The predicted molar refractivity (Wildman–Crippen MR) is 94.9 cm³/mol. The van der Waals surface area contributed by atoms with Gasteiger partial charge in [-0.05, 0) is 30.3 Å². The number of ether oxygens (including phenoxy) is 1. The average Bonchev–Trinajstić information content (AvgIpc) is 2.63. The summed E-state index contributed by atoms with van der Waals surface area (Å²) in [6.45, 7) is 0. The van der Waals surface area contributed by atoms with Gasteiger partial charge in [0.1, 0.15) is 5.75 Å². The topological polar surface area (TPSA) is 63.2 Å². The van der Waals surface area contributed by atoms with Gasteiger partial charge in [0.2, 0.25) is 0 Å². The van der Waals surface area contributed by atoms with Crippen molar-refractivity contribution in [3.8, 4) is 5.75 Å². The van der Waals surface area contributed by atoms with E-state index in [0.29, 0.717) is 17.0 Å². The Bertz CT molecular complexity index is 835. The number of methoxy groups -OCH3 is 1. The highest BCUT2D eigenvalue weighted by Gasteiger charge is 2.10. The lowest BCUT2D eigenvalue weighted by Gasteiger charge is -2.11. The molecule has 24 heavy (non-hydrogen) atoms. The molecule has 0 saturated carbocycles. The minimum absolute atomic E-state index is 0.247. The van der Waals surface area contributed by atoms with Crippen molar-refractivity contribution in [2.75, 3.05) is 17.7 Å². The zero-order valence-electron chi connectivity index (χ0n) is 13.2. The first-order chi connectivity index (χ1) is 11.8. The van der Waals surface area contributed by atoms with Gasteiger partial charge in [-0.15, -0.1) is 0 Å². The maximum absolute atomic E-state index is 12.5. The second-order valence-corrected chi connectivity index (χ2v) is 5.11. The van der Waals surface area contributed by atoms with Gasteiger partial charge in [-0.3, -0.25) is 9.78 Å². The molecular weight excluding hydrogens is 302 g/mol. The van der Waals surface area contributed by atoms with Gasteiger partial charge in [-0.1, -0.05) is 30.3 Å². The number of nitrogens with one attached hydrogen (secondary N) is 2. The van der Waals surface area contributed by atoms with Crippen LogP contribution < -0.4 is 15.4 Å². The number of pyridine rings is 1. The number of para-hydroxylation sites is 3. The minimum Gasteiger partial charge on any atom is -0.495 e. The van der Waals surface area contributed by atoms with Crippen LogP contribution in [-0.2, 0) is 0 Å². The van der Waals surface area contributed by atoms with Crippen LogP contribution in [0.25, 0.3) is 0 Å². The van der Waals surface area contributed by atoms with Gasteiger partial charge in [0.05, 0.1) is 30.2 Å². The van der Waals surface area contributed by atoms with E-state index < -0.39 is 0 Å². The lowest BCUT2D eigenvalue weighted by Crippen LogP contribution is -2.13. The maximum atomic E-state index is 12.5. The van der Waals surface area contributed by atoms with Gasteiger partial charge in [-0.2, -0.15) is 0 Å². The van der Waals surface area contributed by atoms with Crippen molar-refractivity contribution in [2.24, 2.45) is 0 Å². The third-order valence-corrected chi connectivity index (χ3v) is 3.42. The Morgan fingerprint density at radius 3 is 2.50 bits per heavy atom. The Hall–Kier alpha value is -3.34. The molecule has 0 aliphatic rings. The lowest BCUT2D eigenvalue weighted by atomic mass is 10.2. The van der Waals surface area contributed by atoms with Crippen LogP contribution in [0, 0.1) is 0 Å². The summed E-state index contributed by atoms with van der Waals surface area (Å²) in [6, 6.07) is 18.7. The number of nitrogens with zero attached hydrogens (tertiary/aromatic N) is 1. The van der Waals surface area contributed by atoms with E-state index >= 15 is 0 Å². The van der Waals surface area contributed by atoms with Gasteiger partial charge in [0.15, 0.2) is 0 Å². The molecule has 0 saturated heterocycles. The fourth-order valence-electron chi connectivity index (χ4n) is 2.26. The van der Waals surface area contributed by atoms with Crippen LogP contribution in [0.5, 0.6) is 5.75 Å². The summed E-state index contributed by atoms with van der Waals surface area (Å²) in [7, 11) is 1.57. The fourth-order valence-corrected chi connectivity index (χ4v) is 2.26. The number of benzene rings is 2. The molecule has 0 spiro atoms. The molecule has 0 unspecified atom stereocenters. The predicted octanol–water partition coefficient (Wildman–Crippen LogP) is 4.09. The van der Waals surface area contributed by atoms with Crippen molar-refractivity contribution in [3.63, 3.8) is 0 Å². The first-order valence-electron chi connectivity index (χ1n) is 7.48. The molecule has 3 rings (SSSR count). The van der Waals surface area contributed by atoms with E-state index in [1.807, 2.05) is 42.5 Å². The summed E-state index contributed by atoms with van der Waals surface area (Å²) >= 11 is 0. The van der Waals surface area contributed by atoms with Gasteiger partial charge >= 0.3 is 0 Å². The van der Waals surface area contributed by atoms with Crippen LogP contribution in [-0.4, -0.2) is 18.0 Å². The van der Waals surface area contributed by atoms with Crippen LogP contribution >= 0.6 is 0 Å². The number of aromatic nitrogens is 1. The van der Waals surface area contributed by atoms with Crippen LogP contribution in [0.15, 0.2) is 73.1 Å². The molecule has 0 atom stereocenters. The highest BCUT2D eigenvalue weighted by molar-refractivity contribution is 6.05. The fraction of sp³-hybridized carbons (Fsp3) is 0.0526. The summed E-state index contributed by atoms with van der Waals surface area (Å²) in [5, 5.41) is 6.06. The van der Waals surface area contributed by atoms with Crippen molar-refractivity contribution in [2.45, 2.75) is 0 Å². The molecule has 2 aromatic carbocycles. The molecule has 1 amide bonds. The van der Waals surface area contributed by atoms with Crippen molar-refractivity contribution < 1.29 is 9.53 Å². The van der Waals surface area contributed by atoms with E-state index in [-0.39, 0.29) is 5.91 Å². The first-order valence-corrected chi connectivity index (χ1v) is 7.48. The van der Waals surface area contributed by atoms with Gasteiger partial charge < -0.3 is 15.4 Å². The number of amides is 1. The molecule has 0 fully saturated rings. The molecule has 0 aliphatic heterocycles. The number of carbonyl (C=O) groups excluding carboxylic acids is 1. The van der Waals surface area contributed by atoms with Gasteiger partial charge in [0, 0.05) is 11.9 Å². The van der Waals surface area contributed by atoms with E-state index in [0.717, 1.165) is 11.4 Å². The van der Waals surface area contributed by atoms with Gasteiger partial charge in [0.25, 0.3) is 5.91 Å². The summed E-state index contributed by atoms with van der Waals surface area (Å²) in [5.41, 5.74) is 2.75. The quantitative estimate of drug-likeness (QED) is 0.743. The molecule has 5 heteroatoms. The van der Waals surface area contributed by atoms with E-state index in [1.54, 1.807) is 31.5 Å². The second-order valence-electron chi connectivity index (χ2n) is 5.11. The Morgan fingerprint density at radius 2 is 1.71 bits per heavy atom. The monoisotopic (exact) mass is 319 g/mol. The highest BCUT2D eigenvalue weighted by atomic mass is 16.5. The minimum atomic E-state index is -0.247. The van der Waals surface area contributed by atoms with E-state index in [9.17, 15) is 4.79 Å². The molecule has 0 aliphatic carbocycles. The Morgan fingerprint density at radius 1 is 0.958 bits per heavy atom. The van der Waals surface area contributed by atoms with E-state index in [2.05, 4.69) is 15.6 Å². The van der Waals surface area contributed by atoms with Crippen molar-refractivity contribution >= 4 is 23.0 Å². The molecule has 1 aromatic heterocycles. The third kappa shape index (κ3) is 3.70. The number of hydrogen-bond acceptors (Lipinski definition) is 4. The van der Waals surface area contributed by atoms with Crippen molar-refractivity contribution in [1.82, 2.24) is 4.98 Å². The van der Waals surface area contributed by atoms with Crippen LogP contribution in [0.4, 0.5) is 17.1 Å². The molecule has 1 heterocycles. The van der Waals surface area contributed by atoms with Crippen molar-refractivity contribution in [1.29, 1.82) is 0 Å². The lowest BCUT2D eigenvalue weighted by molar-refractivity contribution is 0.102. The zero-order valence-corrected chi connectivity index (χ0v) is 13.2. The number of rotatable bonds is 5. The SMILES string of the molecule is COc1ccccc1NC(=O)c1cncc(Nc2ccccc2)c1. The standard InChI is InChI=1S/C19H17N3O2/c1-24-18-10-6-5-9-17(18)22-19(23)14-11-16(13-20-12-14)21-15-7-3-2-4-8-15/h2-13,21H,1H3,(H,22,23). The Labute approximate surface area is 140 Å². The number of carbonyl (C=O) groups is 1. The summed E-state index contributed by atoms with van der Waals surface area (Å²) in [4.78, 5) is 16.6. The van der Waals surface area contributed by atoms with E-state index in [4.69, 9.17) is 4.74 Å². The number of hydrogen-bond donors (Lipinski definition) is 2. The average molecular weight is 319 g/mol. The normalized spacial score (nSPS) is 10.0. The highest BCUT2D eigenvalue weighted by Crippen LogP contribution is 2.24. The molecule has 0 bridgehead atoms. The third-order valence-electron chi connectivity index (χ3n) is 3.42. The molecule has 3 aromatic rings. The molecular formula is C19H17N3O2. The van der Waals surface area contributed by atoms with Crippen LogP contribution in [0.3, 0.4) is 0 Å². The maximum Gasteiger partial charge on any atom is 0.257 e. The summed E-state index contributed by atoms with van der Waals surface area (Å²) < 4.78 is 5.24. The molecule has 2 N–H and O–H groups in total. The second kappa shape index (κ2) is 7.28. The van der Waals surface area contributed by atoms with Crippen molar-refractivity contribution in [3.05, 3.63) is 78.6 Å². The van der Waals surface area contributed by atoms with E-state index in [1.165, 1.54) is 6.20 Å². The zero-order chi connectivity index (χ0) is 16.8. The number of anilines is 3. The Balaban J connectivity index is 1.77. The molecule has 0 radical (unpaired) electrons. The largest absolute Gasteiger partial charge is 0.495 e. The summed E-state index contributed by atoms with van der Waals surface area (Å²) in [5.74, 6) is 0.362.